The van der Waals surface area contributed by atoms with Crippen LogP contribution in [0.3, 0.4) is 0 Å². The SMILES string of the molecule is CN(C)C(=O)C1(C2CCCCC2)CCN(CC[C@@]2(c3ccc(Cl)c(Cl)c3)CN(C(=O)C3CCCC3)CCO2)CC1. The topological polar surface area (TPSA) is 53.1 Å². The number of benzene rings is 1. The number of likely N-dealkylation sites (tertiary alicyclic amines) is 1. The summed E-state index contributed by atoms with van der Waals surface area (Å²) in [6, 6.07) is 5.78. The van der Waals surface area contributed by atoms with Crippen LogP contribution in [0, 0.1) is 17.3 Å². The fourth-order valence-electron chi connectivity index (χ4n) is 8.06. The summed E-state index contributed by atoms with van der Waals surface area (Å²) in [5.41, 5.74) is 0.133. The van der Waals surface area contributed by atoms with Gasteiger partial charge >= 0.3 is 0 Å². The van der Waals surface area contributed by atoms with E-state index in [0.717, 1.165) is 70.1 Å². The van der Waals surface area contributed by atoms with Gasteiger partial charge in [0, 0.05) is 33.1 Å². The maximum absolute atomic E-state index is 13.6. The molecule has 0 N–H and O–H groups in total. The van der Waals surface area contributed by atoms with Crippen LogP contribution in [0.5, 0.6) is 0 Å². The molecule has 0 spiro atoms. The lowest BCUT2D eigenvalue weighted by Crippen LogP contribution is -2.55. The summed E-state index contributed by atoms with van der Waals surface area (Å²) < 4.78 is 6.60. The fraction of sp³-hybridized carbons (Fsp3) is 0.750. The largest absolute Gasteiger partial charge is 0.367 e. The Morgan fingerprint density at radius 3 is 2.27 bits per heavy atom. The van der Waals surface area contributed by atoms with E-state index in [2.05, 4.69) is 4.90 Å². The number of hydrogen-bond acceptors (Lipinski definition) is 4. The molecule has 2 amide bonds. The lowest BCUT2D eigenvalue weighted by atomic mass is 9.63. The van der Waals surface area contributed by atoms with Gasteiger partial charge in [0.1, 0.15) is 5.60 Å². The first-order valence-corrected chi connectivity index (χ1v) is 16.3. The van der Waals surface area contributed by atoms with E-state index in [1.54, 1.807) is 0 Å². The number of carbonyl (C=O) groups is 2. The van der Waals surface area contributed by atoms with Gasteiger partial charge in [0.15, 0.2) is 0 Å². The summed E-state index contributed by atoms with van der Waals surface area (Å²) >= 11 is 12.8. The number of ether oxygens (including phenoxy) is 1. The second-order valence-corrected chi connectivity index (χ2v) is 13.8. The Balaban J connectivity index is 1.31. The number of piperidine rings is 1. The molecule has 40 heavy (non-hydrogen) atoms. The molecule has 0 unspecified atom stereocenters. The summed E-state index contributed by atoms with van der Waals surface area (Å²) in [4.78, 5) is 33.4. The molecule has 2 aliphatic heterocycles. The minimum Gasteiger partial charge on any atom is -0.367 e. The highest BCUT2D eigenvalue weighted by Crippen LogP contribution is 2.47. The lowest BCUT2D eigenvalue weighted by Gasteiger charge is -2.49. The third-order valence-electron chi connectivity index (χ3n) is 10.4. The van der Waals surface area contributed by atoms with E-state index in [-0.39, 0.29) is 17.2 Å². The fourth-order valence-corrected chi connectivity index (χ4v) is 8.36. The van der Waals surface area contributed by atoms with E-state index >= 15 is 0 Å². The summed E-state index contributed by atoms with van der Waals surface area (Å²) in [6.45, 7) is 4.37. The van der Waals surface area contributed by atoms with Gasteiger partial charge in [0.05, 0.1) is 28.6 Å². The van der Waals surface area contributed by atoms with Gasteiger partial charge in [-0.05, 0) is 81.6 Å². The van der Waals surface area contributed by atoms with Crippen LogP contribution in [0.4, 0.5) is 0 Å². The van der Waals surface area contributed by atoms with E-state index in [9.17, 15) is 9.59 Å². The molecule has 0 radical (unpaired) electrons. The molecule has 4 aliphatic rings. The Bertz CT molecular complexity index is 1050. The highest BCUT2D eigenvalue weighted by Gasteiger charge is 2.49. The number of amides is 2. The van der Waals surface area contributed by atoms with Gasteiger partial charge in [-0.25, -0.2) is 0 Å². The third-order valence-corrected chi connectivity index (χ3v) is 11.2. The van der Waals surface area contributed by atoms with Crippen molar-refractivity contribution in [1.82, 2.24) is 14.7 Å². The summed E-state index contributed by atoms with van der Waals surface area (Å²) in [5, 5.41) is 1.04. The highest BCUT2D eigenvalue weighted by molar-refractivity contribution is 6.42. The van der Waals surface area contributed by atoms with E-state index < -0.39 is 5.60 Å². The summed E-state index contributed by atoms with van der Waals surface area (Å²) in [6.07, 6.45) is 13.0. The zero-order chi connectivity index (χ0) is 28.3. The molecule has 2 saturated heterocycles. The van der Waals surface area contributed by atoms with Crippen LogP contribution in [-0.2, 0) is 19.9 Å². The maximum Gasteiger partial charge on any atom is 0.228 e. The predicted octanol–water partition coefficient (Wildman–Crippen LogP) is 6.38. The molecular formula is C32H47Cl2N3O3. The minimum absolute atomic E-state index is 0.147. The molecule has 5 rings (SSSR count). The van der Waals surface area contributed by atoms with Crippen LogP contribution in [0.1, 0.15) is 82.6 Å². The molecule has 1 aromatic rings. The number of halogens is 2. The van der Waals surface area contributed by atoms with Gasteiger partial charge < -0.3 is 19.4 Å². The molecule has 4 fully saturated rings. The number of hydrogen-bond donors (Lipinski definition) is 0. The molecule has 8 heteroatoms. The van der Waals surface area contributed by atoms with Gasteiger partial charge in [-0.15, -0.1) is 0 Å². The molecule has 1 aromatic carbocycles. The van der Waals surface area contributed by atoms with Crippen molar-refractivity contribution in [3.05, 3.63) is 33.8 Å². The number of morpholine rings is 1. The van der Waals surface area contributed by atoms with Crippen molar-refractivity contribution >= 4 is 35.0 Å². The van der Waals surface area contributed by atoms with Crippen molar-refractivity contribution in [3.8, 4) is 0 Å². The lowest BCUT2D eigenvalue weighted by molar-refractivity contribution is -0.159. The van der Waals surface area contributed by atoms with Gasteiger partial charge in [-0.2, -0.15) is 0 Å². The van der Waals surface area contributed by atoms with Gasteiger partial charge in [-0.3, -0.25) is 9.59 Å². The molecule has 2 saturated carbocycles. The monoisotopic (exact) mass is 591 g/mol. The summed E-state index contributed by atoms with van der Waals surface area (Å²) in [7, 11) is 3.83. The standard InChI is InChI=1S/C32H47Cl2N3O3/c1-35(2)30(39)31(25-10-4-3-5-11-25)14-17-36(18-15-31)19-16-32(26-12-13-27(33)28(34)22-26)23-37(20-21-40-32)29(38)24-8-6-7-9-24/h12-13,22,24-25H,3-11,14-21,23H2,1-2H3/t32-/m0/s1. The van der Waals surface area contributed by atoms with Crippen LogP contribution in [0.25, 0.3) is 0 Å². The highest BCUT2D eigenvalue weighted by atomic mass is 35.5. The maximum atomic E-state index is 13.6. The number of rotatable bonds is 7. The summed E-state index contributed by atoms with van der Waals surface area (Å²) in [5.74, 6) is 1.25. The van der Waals surface area contributed by atoms with Crippen LogP contribution >= 0.6 is 23.2 Å². The molecule has 6 nitrogen and oxygen atoms in total. The molecule has 0 aromatic heterocycles. The normalized spacial score (nSPS) is 26.6. The van der Waals surface area contributed by atoms with Crippen molar-refractivity contribution in [1.29, 1.82) is 0 Å². The van der Waals surface area contributed by atoms with Crippen molar-refractivity contribution in [2.75, 3.05) is 53.4 Å². The molecular weight excluding hydrogens is 545 g/mol. The van der Waals surface area contributed by atoms with Crippen molar-refractivity contribution in [3.63, 3.8) is 0 Å². The van der Waals surface area contributed by atoms with Crippen LogP contribution in [0.2, 0.25) is 10.0 Å². The first-order chi connectivity index (χ1) is 19.2. The Hall–Kier alpha value is -1.34. The molecule has 2 heterocycles. The second kappa shape index (κ2) is 12.9. The van der Waals surface area contributed by atoms with Crippen molar-refractivity contribution in [2.45, 2.75) is 82.7 Å². The smallest absolute Gasteiger partial charge is 0.228 e. The Labute approximate surface area is 250 Å². The third kappa shape index (κ3) is 6.21. The van der Waals surface area contributed by atoms with E-state index in [1.807, 2.05) is 42.1 Å². The molecule has 2 aliphatic carbocycles. The van der Waals surface area contributed by atoms with Gasteiger partial charge in [-0.1, -0.05) is 61.4 Å². The van der Waals surface area contributed by atoms with E-state index in [0.29, 0.717) is 41.6 Å². The quantitative estimate of drug-likeness (QED) is 0.369. The van der Waals surface area contributed by atoms with Gasteiger partial charge in [0.25, 0.3) is 0 Å². The second-order valence-electron chi connectivity index (χ2n) is 13.0. The zero-order valence-electron chi connectivity index (χ0n) is 24.4. The average molecular weight is 593 g/mol. The molecule has 0 bridgehead atoms. The minimum atomic E-state index is -0.627. The first-order valence-electron chi connectivity index (χ1n) is 15.6. The van der Waals surface area contributed by atoms with E-state index in [4.69, 9.17) is 27.9 Å². The zero-order valence-corrected chi connectivity index (χ0v) is 25.9. The number of nitrogens with zero attached hydrogens (tertiary/aromatic N) is 3. The van der Waals surface area contributed by atoms with Crippen molar-refractivity contribution < 1.29 is 14.3 Å². The number of carbonyl (C=O) groups excluding carboxylic acids is 2. The van der Waals surface area contributed by atoms with Crippen LogP contribution in [-0.4, -0.2) is 79.9 Å². The van der Waals surface area contributed by atoms with E-state index in [1.165, 1.54) is 32.1 Å². The van der Waals surface area contributed by atoms with Gasteiger partial charge in [0.2, 0.25) is 11.8 Å². The Morgan fingerprint density at radius 1 is 0.950 bits per heavy atom. The average Bonchev–Trinajstić information content (AvgIpc) is 3.53. The first kappa shape index (κ1) is 30.1. The Morgan fingerprint density at radius 2 is 1.62 bits per heavy atom. The van der Waals surface area contributed by atoms with Crippen molar-refractivity contribution in [2.24, 2.45) is 17.3 Å². The predicted molar refractivity (Wildman–Crippen MR) is 161 cm³/mol. The van der Waals surface area contributed by atoms with Crippen LogP contribution < -0.4 is 0 Å². The molecule has 222 valence electrons. The Kier molecular flexibility index (Phi) is 9.71. The van der Waals surface area contributed by atoms with Crippen LogP contribution in [0.15, 0.2) is 18.2 Å². The molecule has 1 atom stereocenters.